The molecule has 0 aliphatic rings. The summed E-state index contributed by atoms with van der Waals surface area (Å²) in [6, 6.07) is 7.04. The van der Waals surface area contributed by atoms with E-state index in [1.165, 1.54) is 0 Å². The summed E-state index contributed by atoms with van der Waals surface area (Å²) in [5.41, 5.74) is 7.62. The average Bonchev–Trinajstić information content (AvgIpc) is 2.45. The van der Waals surface area contributed by atoms with E-state index in [4.69, 9.17) is 5.73 Å². The number of nitrogens with two attached hydrogens (primary N) is 1. The Bertz CT molecular complexity index is 556. The summed E-state index contributed by atoms with van der Waals surface area (Å²) >= 11 is 0. The first kappa shape index (κ1) is 13.0. The fraction of sp³-hybridized carbons (Fsp3) is 0.214. The number of hydrogen-bond acceptors (Lipinski definition) is 4. The van der Waals surface area contributed by atoms with Gasteiger partial charge in [0.1, 0.15) is 5.69 Å². The topological polar surface area (TPSA) is 72.1 Å². The number of amides is 1. The predicted octanol–water partition coefficient (Wildman–Crippen LogP) is 1.72. The van der Waals surface area contributed by atoms with Gasteiger partial charge in [-0.1, -0.05) is 0 Å². The first-order valence-corrected chi connectivity index (χ1v) is 6.10. The summed E-state index contributed by atoms with van der Waals surface area (Å²) in [6.07, 6.45) is 4.97. The molecule has 0 spiro atoms. The Labute approximate surface area is 112 Å². The number of hydrogen-bond donors (Lipinski definition) is 1. The summed E-state index contributed by atoms with van der Waals surface area (Å²) in [6.45, 7) is 3.08. The number of aromatic nitrogens is 2. The highest BCUT2D eigenvalue weighted by Gasteiger charge is 2.15. The van der Waals surface area contributed by atoms with Crippen LogP contribution in [0.15, 0.2) is 42.9 Å². The number of anilines is 1. The van der Waals surface area contributed by atoms with Gasteiger partial charge in [-0.25, -0.2) is 0 Å². The van der Waals surface area contributed by atoms with Crippen LogP contribution in [0.4, 0.5) is 5.69 Å². The number of carbonyl (C=O) groups is 1. The summed E-state index contributed by atoms with van der Waals surface area (Å²) in [5.74, 6) is -0.119. The SMILES string of the molecule is CCN(Cc1ccncc1)C(=O)c1cc(N)ccn1. The third-order valence-electron chi connectivity index (χ3n) is 2.79. The monoisotopic (exact) mass is 256 g/mol. The molecule has 2 N–H and O–H groups in total. The van der Waals surface area contributed by atoms with Crippen molar-refractivity contribution < 1.29 is 4.79 Å². The second-order valence-electron chi connectivity index (χ2n) is 4.15. The van der Waals surface area contributed by atoms with Gasteiger partial charge in [-0.15, -0.1) is 0 Å². The largest absolute Gasteiger partial charge is 0.399 e. The maximum absolute atomic E-state index is 12.3. The van der Waals surface area contributed by atoms with Gasteiger partial charge >= 0.3 is 0 Å². The van der Waals surface area contributed by atoms with Crippen LogP contribution in [0.1, 0.15) is 23.0 Å². The maximum atomic E-state index is 12.3. The van der Waals surface area contributed by atoms with E-state index in [1.807, 2.05) is 19.1 Å². The van der Waals surface area contributed by atoms with Crippen LogP contribution in [-0.4, -0.2) is 27.3 Å². The molecule has 0 bridgehead atoms. The highest BCUT2D eigenvalue weighted by molar-refractivity contribution is 5.93. The summed E-state index contributed by atoms with van der Waals surface area (Å²) in [4.78, 5) is 22.1. The van der Waals surface area contributed by atoms with E-state index in [1.54, 1.807) is 35.6 Å². The van der Waals surface area contributed by atoms with Crippen LogP contribution in [0.5, 0.6) is 0 Å². The van der Waals surface area contributed by atoms with Gasteiger partial charge in [0.2, 0.25) is 0 Å². The van der Waals surface area contributed by atoms with Crippen molar-refractivity contribution in [1.29, 1.82) is 0 Å². The van der Waals surface area contributed by atoms with Crippen LogP contribution < -0.4 is 5.73 Å². The summed E-state index contributed by atoms with van der Waals surface area (Å²) in [5, 5.41) is 0. The molecule has 1 amide bonds. The zero-order valence-corrected chi connectivity index (χ0v) is 10.8. The van der Waals surface area contributed by atoms with E-state index in [9.17, 15) is 4.79 Å². The maximum Gasteiger partial charge on any atom is 0.272 e. The Balaban J connectivity index is 2.16. The zero-order valence-electron chi connectivity index (χ0n) is 10.8. The Morgan fingerprint density at radius 1 is 1.26 bits per heavy atom. The molecule has 2 rings (SSSR count). The molecule has 0 aromatic carbocycles. The van der Waals surface area contributed by atoms with Crippen molar-refractivity contribution in [1.82, 2.24) is 14.9 Å². The molecule has 5 nitrogen and oxygen atoms in total. The van der Waals surface area contributed by atoms with Crippen molar-refractivity contribution in [3.63, 3.8) is 0 Å². The van der Waals surface area contributed by atoms with Gasteiger partial charge in [-0.2, -0.15) is 0 Å². The highest BCUT2D eigenvalue weighted by Crippen LogP contribution is 2.10. The molecule has 98 valence electrons. The van der Waals surface area contributed by atoms with E-state index >= 15 is 0 Å². The van der Waals surface area contributed by atoms with Crippen LogP contribution >= 0.6 is 0 Å². The predicted molar refractivity (Wildman–Crippen MR) is 73.3 cm³/mol. The van der Waals surface area contributed by atoms with Crippen molar-refractivity contribution in [3.05, 3.63) is 54.1 Å². The van der Waals surface area contributed by atoms with Crippen molar-refractivity contribution in [2.75, 3.05) is 12.3 Å². The lowest BCUT2D eigenvalue weighted by Gasteiger charge is -2.20. The molecule has 0 fully saturated rings. The van der Waals surface area contributed by atoms with E-state index in [-0.39, 0.29) is 5.91 Å². The van der Waals surface area contributed by atoms with Gasteiger partial charge in [0, 0.05) is 37.4 Å². The quantitative estimate of drug-likeness (QED) is 0.904. The minimum atomic E-state index is -0.119. The van der Waals surface area contributed by atoms with Gasteiger partial charge in [-0.05, 0) is 36.8 Å². The number of nitrogens with zero attached hydrogens (tertiary/aromatic N) is 3. The molecular formula is C14H16N4O. The van der Waals surface area contributed by atoms with Gasteiger partial charge in [0.25, 0.3) is 5.91 Å². The summed E-state index contributed by atoms with van der Waals surface area (Å²) < 4.78 is 0. The second kappa shape index (κ2) is 5.95. The summed E-state index contributed by atoms with van der Waals surface area (Å²) in [7, 11) is 0. The van der Waals surface area contributed by atoms with Crippen molar-refractivity contribution >= 4 is 11.6 Å². The Hall–Kier alpha value is -2.43. The molecule has 2 heterocycles. The number of carbonyl (C=O) groups excluding carboxylic acids is 1. The van der Waals surface area contributed by atoms with Crippen LogP contribution in [-0.2, 0) is 6.54 Å². The molecule has 0 aliphatic heterocycles. The van der Waals surface area contributed by atoms with Gasteiger partial charge in [0.15, 0.2) is 0 Å². The first-order chi connectivity index (χ1) is 9.20. The smallest absolute Gasteiger partial charge is 0.272 e. The molecule has 0 atom stereocenters. The molecule has 0 saturated heterocycles. The third kappa shape index (κ3) is 3.28. The molecule has 2 aromatic rings. The standard InChI is InChI=1S/C14H16N4O/c1-2-18(10-11-3-6-16-7-4-11)14(19)13-9-12(15)5-8-17-13/h3-9H,2,10H2,1H3,(H2,15,17). The number of nitrogen functional groups attached to an aromatic ring is 1. The number of rotatable bonds is 4. The normalized spacial score (nSPS) is 10.2. The molecule has 19 heavy (non-hydrogen) atoms. The van der Waals surface area contributed by atoms with Crippen LogP contribution in [0.25, 0.3) is 0 Å². The second-order valence-corrected chi connectivity index (χ2v) is 4.15. The third-order valence-corrected chi connectivity index (χ3v) is 2.79. The van der Waals surface area contributed by atoms with E-state index in [0.717, 1.165) is 5.56 Å². The molecule has 0 saturated carbocycles. The molecule has 0 unspecified atom stereocenters. The minimum absolute atomic E-state index is 0.119. The fourth-order valence-corrected chi connectivity index (χ4v) is 1.76. The number of pyridine rings is 2. The van der Waals surface area contributed by atoms with Crippen LogP contribution in [0, 0.1) is 0 Å². The van der Waals surface area contributed by atoms with Crippen molar-refractivity contribution in [2.45, 2.75) is 13.5 Å². The van der Waals surface area contributed by atoms with Crippen LogP contribution in [0.3, 0.4) is 0 Å². The molecule has 0 radical (unpaired) electrons. The lowest BCUT2D eigenvalue weighted by atomic mass is 10.2. The highest BCUT2D eigenvalue weighted by atomic mass is 16.2. The van der Waals surface area contributed by atoms with E-state index < -0.39 is 0 Å². The Morgan fingerprint density at radius 3 is 2.63 bits per heavy atom. The van der Waals surface area contributed by atoms with Crippen LogP contribution in [0.2, 0.25) is 0 Å². The van der Waals surface area contributed by atoms with E-state index in [0.29, 0.717) is 24.5 Å². The average molecular weight is 256 g/mol. The molecule has 5 heteroatoms. The van der Waals surface area contributed by atoms with Gasteiger partial charge in [-0.3, -0.25) is 14.8 Å². The lowest BCUT2D eigenvalue weighted by Crippen LogP contribution is -2.31. The van der Waals surface area contributed by atoms with Gasteiger partial charge in [0.05, 0.1) is 0 Å². The van der Waals surface area contributed by atoms with Crippen molar-refractivity contribution in [3.8, 4) is 0 Å². The van der Waals surface area contributed by atoms with Crippen molar-refractivity contribution in [2.24, 2.45) is 0 Å². The Kier molecular flexibility index (Phi) is 4.07. The first-order valence-electron chi connectivity index (χ1n) is 6.10. The van der Waals surface area contributed by atoms with E-state index in [2.05, 4.69) is 9.97 Å². The van der Waals surface area contributed by atoms with Gasteiger partial charge < -0.3 is 10.6 Å². The molecule has 2 aromatic heterocycles. The molecular weight excluding hydrogens is 240 g/mol. The lowest BCUT2D eigenvalue weighted by molar-refractivity contribution is 0.0746. The molecule has 0 aliphatic carbocycles. The minimum Gasteiger partial charge on any atom is -0.399 e. The Morgan fingerprint density at radius 2 is 2.00 bits per heavy atom. The zero-order chi connectivity index (χ0) is 13.7. The fourth-order valence-electron chi connectivity index (χ4n) is 1.76.